The first-order chi connectivity index (χ1) is 15.3. The van der Waals surface area contributed by atoms with Gasteiger partial charge in [0.25, 0.3) is 0 Å². The van der Waals surface area contributed by atoms with Crippen LogP contribution in [0.1, 0.15) is 5.82 Å². The molecule has 1 radical (unpaired) electrons. The summed E-state index contributed by atoms with van der Waals surface area (Å²) in [7, 11) is 0. The van der Waals surface area contributed by atoms with Crippen LogP contribution in [0, 0.1) is 13.0 Å². The molecule has 0 amide bonds. The van der Waals surface area contributed by atoms with Gasteiger partial charge >= 0.3 is 0 Å². The van der Waals surface area contributed by atoms with E-state index in [1.807, 2.05) is 43.3 Å². The second-order valence-electron chi connectivity index (χ2n) is 7.21. The molecular formula is C27H21IrN4-. The third-order valence-electron chi connectivity index (χ3n) is 5.16. The molecule has 4 nitrogen and oxygen atoms in total. The molecule has 0 atom stereocenters. The van der Waals surface area contributed by atoms with Crippen molar-refractivity contribution in [2.24, 2.45) is 0 Å². The summed E-state index contributed by atoms with van der Waals surface area (Å²) in [6, 6.07) is 40.4. The molecule has 0 bridgehead atoms. The first-order valence-electron chi connectivity index (χ1n) is 10.2. The largest absolute Gasteiger partial charge is 0.352 e. The molecule has 0 fully saturated rings. The van der Waals surface area contributed by atoms with Crippen LogP contribution < -0.4 is 4.90 Å². The Morgan fingerprint density at radius 3 is 1.75 bits per heavy atom. The van der Waals surface area contributed by atoms with Gasteiger partial charge in [-0.1, -0.05) is 54.6 Å². The van der Waals surface area contributed by atoms with Gasteiger partial charge in [0, 0.05) is 37.2 Å². The van der Waals surface area contributed by atoms with Crippen molar-refractivity contribution in [2.75, 3.05) is 4.90 Å². The smallest absolute Gasteiger partial charge is 0.125 e. The van der Waals surface area contributed by atoms with Crippen LogP contribution in [-0.2, 0) is 20.1 Å². The van der Waals surface area contributed by atoms with Crippen LogP contribution in [0.15, 0.2) is 109 Å². The Morgan fingerprint density at radius 2 is 1.22 bits per heavy atom. The van der Waals surface area contributed by atoms with Gasteiger partial charge in [0.15, 0.2) is 0 Å². The minimum atomic E-state index is 0. The van der Waals surface area contributed by atoms with Crippen LogP contribution in [-0.4, -0.2) is 14.8 Å². The zero-order valence-corrected chi connectivity index (χ0v) is 19.9. The molecule has 0 N–H and O–H groups in total. The summed E-state index contributed by atoms with van der Waals surface area (Å²) < 4.78 is 2.05. The van der Waals surface area contributed by atoms with Crippen molar-refractivity contribution in [3.05, 3.63) is 121 Å². The molecule has 0 spiro atoms. The van der Waals surface area contributed by atoms with Gasteiger partial charge in [-0.25, -0.2) is 0 Å². The summed E-state index contributed by atoms with van der Waals surface area (Å²) >= 11 is 0. The molecule has 0 aliphatic carbocycles. The molecule has 0 aliphatic heterocycles. The summed E-state index contributed by atoms with van der Waals surface area (Å²) in [6.07, 6.45) is 0. The molecule has 1 heterocycles. The first-order valence-corrected chi connectivity index (χ1v) is 10.2. The molecule has 1 aromatic heterocycles. The van der Waals surface area contributed by atoms with E-state index >= 15 is 0 Å². The topological polar surface area (TPSA) is 34.0 Å². The van der Waals surface area contributed by atoms with Gasteiger partial charge in [-0.05, 0) is 49.0 Å². The summed E-state index contributed by atoms with van der Waals surface area (Å²) in [5, 5.41) is 8.73. The average molecular weight is 594 g/mol. The van der Waals surface area contributed by atoms with E-state index < -0.39 is 0 Å². The number of anilines is 3. The van der Waals surface area contributed by atoms with E-state index in [9.17, 15) is 0 Å². The number of aryl methyl sites for hydroxylation is 1. The van der Waals surface area contributed by atoms with Gasteiger partial charge in [0.05, 0.1) is 5.82 Å². The van der Waals surface area contributed by atoms with E-state index in [0.29, 0.717) is 0 Å². The minimum Gasteiger partial charge on any atom is -0.352 e. The van der Waals surface area contributed by atoms with Gasteiger partial charge in [0.1, 0.15) is 5.82 Å². The van der Waals surface area contributed by atoms with Gasteiger partial charge in [-0.15, -0.1) is 34.9 Å². The molecule has 0 saturated carbocycles. The third-order valence-corrected chi connectivity index (χ3v) is 5.16. The molecule has 159 valence electrons. The SMILES string of the molecule is Cc1nnc(-c2[c-]cc(N(c3ccccc3)c3ccccc3)cc2)n1-c1ccccc1.[Ir]. The van der Waals surface area contributed by atoms with Gasteiger partial charge in [-0.3, -0.25) is 0 Å². The van der Waals surface area contributed by atoms with Crippen molar-refractivity contribution >= 4 is 17.1 Å². The molecule has 5 aromatic rings. The maximum absolute atomic E-state index is 4.42. The van der Waals surface area contributed by atoms with Crippen molar-refractivity contribution < 1.29 is 20.1 Å². The average Bonchev–Trinajstić information content (AvgIpc) is 3.23. The van der Waals surface area contributed by atoms with Crippen molar-refractivity contribution in [2.45, 2.75) is 6.92 Å². The number of hydrogen-bond donors (Lipinski definition) is 0. The number of aromatic nitrogens is 3. The Labute approximate surface area is 201 Å². The fourth-order valence-corrected chi connectivity index (χ4v) is 3.72. The summed E-state index contributed by atoms with van der Waals surface area (Å²) in [4.78, 5) is 2.22. The Morgan fingerprint density at radius 1 is 0.656 bits per heavy atom. The quantitative estimate of drug-likeness (QED) is 0.218. The summed E-state index contributed by atoms with van der Waals surface area (Å²) in [6.45, 7) is 1.96. The van der Waals surface area contributed by atoms with E-state index in [0.717, 1.165) is 40.0 Å². The molecule has 0 aliphatic rings. The van der Waals surface area contributed by atoms with Crippen LogP contribution >= 0.6 is 0 Å². The van der Waals surface area contributed by atoms with Crippen molar-refractivity contribution in [1.82, 2.24) is 14.8 Å². The Balaban J connectivity index is 0.00000245. The van der Waals surface area contributed by atoms with E-state index in [-0.39, 0.29) is 20.1 Å². The number of benzene rings is 4. The molecule has 5 heteroatoms. The van der Waals surface area contributed by atoms with Crippen LogP contribution in [0.25, 0.3) is 17.1 Å². The second kappa shape index (κ2) is 9.73. The Kier molecular flexibility index (Phi) is 6.60. The fraction of sp³-hybridized carbons (Fsp3) is 0.0370. The predicted octanol–water partition coefficient (Wildman–Crippen LogP) is 6.51. The normalized spacial score (nSPS) is 10.4. The van der Waals surface area contributed by atoms with Crippen LogP contribution in [0.3, 0.4) is 0 Å². The Hall–Kier alpha value is -3.53. The Bertz CT molecular complexity index is 1230. The van der Waals surface area contributed by atoms with Crippen LogP contribution in [0.2, 0.25) is 0 Å². The third kappa shape index (κ3) is 4.26. The fourth-order valence-electron chi connectivity index (χ4n) is 3.72. The van der Waals surface area contributed by atoms with Gasteiger partial charge in [0.2, 0.25) is 0 Å². The molecule has 0 saturated heterocycles. The number of para-hydroxylation sites is 3. The first kappa shape index (κ1) is 21.7. The standard InChI is InChI=1S/C27H21N4.Ir/c1-21-28-29-27(30(21)23-11-5-2-6-12-23)22-17-19-26(20-18-22)31(24-13-7-3-8-14-24)25-15-9-4-10-16-25;/h2-17,19-20H,1H3;/q-1;. The van der Waals surface area contributed by atoms with E-state index in [1.165, 1.54) is 0 Å². The van der Waals surface area contributed by atoms with Crippen molar-refractivity contribution in [3.63, 3.8) is 0 Å². The minimum absolute atomic E-state index is 0. The van der Waals surface area contributed by atoms with E-state index in [1.54, 1.807) is 0 Å². The molecular weight excluding hydrogens is 573 g/mol. The number of nitrogens with zero attached hydrogens (tertiary/aromatic N) is 4. The maximum atomic E-state index is 4.42. The van der Waals surface area contributed by atoms with Gasteiger partial charge in [-0.2, -0.15) is 5.10 Å². The van der Waals surface area contributed by atoms with Crippen LogP contribution in [0.5, 0.6) is 0 Å². The molecule has 4 aromatic carbocycles. The van der Waals surface area contributed by atoms with Crippen LogP contribution in [0.4, 0.5) is 17.1 Å². The number of hydrogen-bond acceptors (Lipinski definition) is 3. The second-order valence-corrected chi connectivity index (χ2v) is 7.21. The van der Waals surface area contributed by atoms with Gasteiger partial charge < -0.3 is 9.47 Å². The van der Waals surface area contributed by atoms with Crippen molar-refractivity contribution in [3.8, 4) is 17.1 Å². The van der Waals surface area contributed by atoms with E-state index in [4.69, 9.17) is 0 Å². The maximum Gasteiger partial charge on any atom is 0.125 e. The predicted molar refractivity (Wildman–Crippen MR) is 125 cm³/mol. The summed E-state index contributed by atoms with van der Waals surface area (Å²) in [5.41, 5.74) is 5.15. The molecule has 32 heavy (non-hydrogen) atoms. The monoisotopic (exact) mass is 594 g/mol. The van der Waals surface area contributed by atoms with Crippen molar-refractivity contribution in [1.29, 1.82) is 0 Å². The zero-order chi connectivity index (χ0) is 21.0. The summed E-state index contributed by atoms with van der Waals surface area (Å²) in [5.74, 6) is 1.62. The zero-order valence-electron chi connectivity index (χ0n) is 17.5. The van der Waals surface area contributed by atoms with E-state index in [2.05, 4.69) is 98.5 Å². The number of rotatable bonds is 5. The molecule has 5 rings (SSSR count). The molecule has 0 unspecified atom stereocenters.